The summed E-state index contributed by atoms with van der Waals surface area (Å²) >= 11 is 34.9. The second-order valence-electron chi connectivity index (χ2n) is 32.1. The first-order valence-electron chi connectivity index (χ1n) is 39.6. The van der Waals surface area contributed by atoms with Crippen molar-refractivity contribution >= 4 is 123 Å². The Bertz CT molecular complexity index is 6130. The van der Waals surface area contributed by atoms with E-state index in [2.05, 4.69) is 72.6 Å². The number of aliphatic hydroxyl groups is 8. The van der Waals surface area contributed by atoms with E-state index in [9.17, 15) is 65.1 Å². The van der Waals surface area contributed by atoms with Crippen LogP contribution in [-0.4, -0.2) is 121 Å². The first kappa shape index (κ1) is 94.7. The zero-order valence-electron chi connectivity index (χ0n) is 66.4. The molecule has 0 spiro atoms. The third kappa shape index (κ3) is 14.1. The number of ether oxygens (including phenoxy) is 5. The average Bonchev–Trinajstić information content (AvgIpc) is 1.51. The molecule has 8 aromatic carbocycles. The largest absolute Gasteiger partial charge is 0.481 e. The number of ketones is 2. The third-order valence-electron chi connectivity index (χ3n) is 25.9. The minimum absolute atomic E-state index is 0. The van der Waals surface area contributed by atoms with Crippen LogP contribution in [0.5, 0.6) is 23.0 Å². The molecule has 4 saturated carbocycles. The van der Waals surface area contributed by atoms with E-state index in [0.717, 1.165) is 24.5 Å². The van der Waals surface area contributed by atoms with E-state index in [4.69, 9.17) is 76.7 Å². The molecule has 30 heteroatoms. The molecule has 129 heavy (non-hydrogen) atoms. The molecule has 4 aromatic heterocycles. The molecule has 8 aliphatic rings. The molecule has 8 heterocycles. The second-order valence-corrected chi connectivity index (χ2v) is 36.6. The summed E-state index contributed by atoms with van der Waals surface area (Å²) in [5, 5.41) is 106. The highest BCUT2D eigenvalue weighted by atomic mass is 79.9. The maximum absolute atomic E-state index is 13.0. The van der Waals surface area contributed by atoms with Crippen LogP contribution in [0.1, 0.15) is 127 Å². The van der Waals surface area contributed by atoms with Gasteiger partial charge in [0.15, 0.2) is 50.5 Å². The maximum atomic E-state index is 13.0. The smallest absolute Gasteiger partial charge is 0.312 e. The van der Waals surface area contributed by atoms with E-state index < -0.39 is 129 Å². The number of aliphatic hydroxyl groups excluding tert-OH is 4. The number of methoxy groups -OCH3 is 1. The SMILES string of the molecule is C.C.C.CC(=O)[C@H]1[C@@H](O)[C@@]2(O)c3ncc(Cl)cc3O[C@@]2(c2ccc(Br)cc2)[C@@H]1c1ccccc1.COC(=O)[C@H]1[C@@H](O)[C@@]2(O)c3ncc(Cl)cc3O[C@@]2(c2ccc(Br)cc2)[C@@H]1c1ccccc1.O=C(O)[C@H]1[C@@H](O)[C@@]2(O)c3ncc(Cl)cc3O[C@@]2(c2ccc(Br)cc2)[C@@H]1c1ccccc1.[C-]#[N+]c1ccc([C@@]23Oc4cc(Cl)cnc4[C@]2(O)[C@H](O)[C@H](C(C)=O)[C@H]3c2ccccc2)cc1. The lowest BCUT2D eigenvalue weighted by atomic mass is 9.71. The number of pyridine rings is 4. The average molecular weight is 2020 g/mol. The summed E-state index contributed by atoms with van der Waals surface area (Å²) in [4.78, 5) is 71.7. The van der Waals surface area contributed by atoms with Gasteiger partial charge in [0.1, 0.15) is 81.8 Å². The molecule has 4 aliphatic carbocycles. The molecule has 0 radical (unpaired) electrons. The van der Waals surface area contributed by atoms with Gasteiger partial charge in [-0.25, -0.2) is 4.85 Å². The number of carbonyl (C=O) groups excluding carboxylic acids is 3. The van der Waals surface area contributed by atoms with Crippen molar-refractivity contribution in [1.82, 2.24) is 19.9 Å². The van der Waals surface area contributed by atoms with Gasteiger partial charge in [0.2, 0.25) is 0 Å². The lowest BCUT2D eigenvalue weighted by Gasteiger charge is -2.40. The van der Waals surface area contributed by atoms with E-state index in [0.29, 0.717) is 64.9 Å². The number of carbonyl (C=O) groups is 4. The summed E-state index contributed by atoms with van der Waals surface area (Å²) in [5.41, 5.74) is -8.38. The molecule has 23 nitrogen and oxygen atoms in total. The minimum atomic E-state index is -2.12. The summed E-state index contributed by atoms with van der Waals surface area (Å²) in [5.74, 6) is -8.79. The number of esters is 1. The van der Waals surface area contributed by atoms with Gasteiger partial charge in [-0.15, -0.1) is 0 Å². The normalized spacial score (nSPS) is 29.9. The van der Waals surface area contributed by atoms with E-state index >= 15 is 0 Å². The number of carboxylic acids is 1. The number of aliphatic carboxylic acids is 1. The van der Waals surface area contributed by atoms with Crippen molar-refractivity contribution in [3.63, 3.8) is 0 Å². The van der Waals surface area contributed by atoms with Crippen LogP contribution in [0.4, 0.5) is 5.69 Å². The topological polar surface area (TPSA) is 352 Å². The highest BCUT2D eigenvalue weighted by Crippen LogP contribution is 2.73. The molecule has 12 aromatic rings. The Morgan fingerprint density at radius 3 is 0.829 bits per heavy atom. The third-order valence-corrected chi connectivity index (χ3v) is 28.3. The van der Waals surface area contributed by atoms with Crippen LogP contribution in [0.15, 0.2) is 281 Å². The first-order valence-corrected chi connectivity index (χ1v) is 43.5. The van der Waals surface area contributed by atoms with Crippen LogP contribution in [0.3, 0.4) is 0 Å². The van der Waals surface area contributed by atoms with Crippen LogP contribution in [0.25, 0.3) is 4.85 Å². The van der Waals surface area contributed by atoms with Crippen molar-refractivity contribution in [2.45, 2.75) is 129 Å². The van der Waals surface area contributed by atoms with Gasteiger partial charge < -0.3 is 69.6 Å². The van der Waals surface area contributed by atoms with Gasteiger partial charge in [0.25, 0.3) is 0 Å². The predicted molar refractivity (Wildman–Crippen MR) is 493 cm³/mol. The van der Waals surface area contributed by atoms with Gasteiger partial charge in [-0.3, -0.25) is 39.1 Å². The maximum Gasteiger partial charge on any atom is 0.312 e. The predicted octanol–water partition coefficient (Wildman–Crippen LogP) is 18.1. The molecule has 20 atom stereocenters. The Balaban J connectivity index is 0.000000138. The van der Waals surface area contributed by atoms with E-state index in [-0.39, 0.29) is 73.9 Å². The molecule has 4 aliphatic heterocycles. The van der Waals surface area contributed by atoms with Crippen LogP contribution in [0, 0.1) is 30.2 Å². The number of Topliss-reactive ketones (excluding diaryl/α,β-unsaturated/α-hetero) is 2. The Hall–Kier alpha value is -10.4. The van der Waals surface area contributed by atoms with Gasteiger partial charge in [-0.1, -0.05) is 298 Å². The Morgan fingerprint density at radius 2 is 0.597 bits per heavy atom. The number of nitrogens with zero attached hydrogens (tertiary/aromatic N) is 5. The minimum Gasteiger partial charge on any atom is -0.481 e. The second kappa shape index (κ2) is 35.7. The Morgan fingerprint density at radius 1 is 0.372 bits per heavy atom. The number of carboxylic acid groups (broad SMARTS) is 1. The summed E-state index contributed by atoms with van der Waals surface area (Å²) in [6, 6.07) is 71.2. The zero-order valence-corrected chi connectivity index (χ0v) is 74.2. The van der Waals surface area contributed by atoms with E-state index in [1.165, 1.54) is 51.8 Å². The van der Waals surface area contributed by atoms with Gasteiger partial charge in [-0.05, 0) is 94.8 Å². The van der Waals surface area contributed by atoms with Crippen LogP contribution >= 0.6 is 94.2 Å². The molecule has 0 bridgehead atoms. The van der Waals surface area contributed by atoms with Crippen molar-refractivity contribution < 1.29 is 88.8 Å². The molecular formula is C99H86Br3Cl4N5O18. The molecule has 0 amide bonds. The van der Waals surface area contributed by atoms with Crippen molar-refractivity contribution in [1.29, 1.82) is 0 Å². The number of hydrogen-bond donors (Lipinski definition) is 9. The number of aromatic nitrogens is 4. The quantitative estimate of drug-likeness (QED) is 0.0405. The molecule has 664 valence electrons. The molecule has 4 fully saturated rings. The fourth-order valence-electron chi connectivity index (χ4n) is 21.0. The van der Waals surface area contributed by atoms with Crippen molar-refractivity contribution in [2.75, 3.05) is 7.11 Å². The summed E-state index contributed by atoms with van der Waals surface area (Å²) in [7, 11) is 1.26. The highest BCUT2D eigenvalue weighted by molar-refractivity contribution is 9.11. The molecule has 0 saturated heterocycles. The van der Waals surface area contributed by atoms with Crippen LogP contribution < -0.4 is 18.9 Å². The fourth-order valence-corrected chi connectivity index (χ4v) is 22.4. The number of fused-ring (bicyclic) bond motifs is 12. The van der Waals surface area contributed by atoms with Crippen LogP contribution in [-0.2, 0) is 68.7 Å². The molecule has 0 unspecified atom stereocenters. The summed E-state index contributed by atoms with van der Waals surface area (Å²) in [6.07, 6.45) is -0.648. The molecule has 20 rings (SSSR count). The van der Waals surface area contributed by atoms with Gasteiger partial charge >= 0.3 is 11.9 Å². The van der Waals surface area contributed by atoms with Crippen molar-refractivity contribution in [3.05, 3.63) is 380 Å². The Kier molecular flexibility index (Phi) is 26.2. The van der Waals surface area contributed by atoms with Gasteiger partial charge in [-0.2, -0.15) is 0 Å². The van der Waals surface area contributed by atoms with Gasteiger partial charge in [0.05, 0.1) is 57.4 Å². The summed E-state index contributed by atoms with van der Waals surface area (Å²) in [6.45, 7) is 10.1. The first-order chi connectivity index (χ1) is 60.3. The molecular weight excluding hydrogens is 1930 g/mol. The standard InChI is InChI=1S/C25H19ClN2O4.C24H19BrClNO5.C24H19BrClNO4.C23H17BrClNO5.3CH4/c1-14(29)20-21(15-6-4-3-5-7-15)25(16-8-10-18(27-2)11-9-16)24(31,23(20)30)22-19(32-25)12-17(26)13-28-22;1-31-22(29)18-19(13-5-3-2-4-6-13)24(14-7-9-15(25)10-8-14)23(30,21(18)28)20-17(32-24)11-16(26)12-27-20;1-13(28)19-20(14-5-3-2-4-6-14)24(15-7-9-16(25)10-8-15)23(30,22(19)29)21-18(31-24)11-17(26)12-27-21;24-14-8-6-13(7-9-14)23-18(12-4-2-1-3-5-12)17(21(28)29)20(27)22(23,30)19-16(31-23)10-15(25)11-26-19;;;/h3-13,20-21,23,30-31H,1H3;2-12,18-19,21,28,30H,1H3;2-12,19-20,22,29-30H,1H3;1-11,17-18,20,27,30H,(H,28,29);3*1H4/t20-,21-,23-,24+,25+;18-,19-,21-,23+,24+;19-,20-,22-,23+,24+;17-,18-,20-,22+,23+;;;/m1111.../s1. The lowest BCUT2D eigenvalue weighted by Crippen LogP contribution is -2.52. The Labute approximate surface area is 788 Å². The van der Waals surface area contributed by atoms with Crippen molar-refractivity contribution in [2.24, 2.45) is 23.7 Å². The number of halogens is 7. The molecule has 9 N–H and O–H groups in total. The van der Waals surface area contributed by atoms with Gasteiger partial charge in [0, 0.05) is 86.1 Å². The lowest BCUT2D eigenvalue weighted by molar-refractivity contribution is -0.162. The highest BCUT2D eigenvalue weighted by Gasteiger charge is 2.82. The number of rotatable bonds is 12. The van der Waals surface area contributed by atoms with Crippen LogP contribution in [0.2, 0.25) is 20.1 Å². The zero-order chi connectivity index (χ0) is 89.3. The fraction of sp³-hybridized carbons (Fsp3) is 0.263. The monoisotopic (exact) mass is 2010 g/mol. The van der Waals surface area contributed by atoms with E-state index in [1.54, 1.807) is 103 Å². The van der Waals surface area contributed by atoms with E-state index in [1.807, 2.05) is 133 Å². The summed E-state index contributed by atoms with van der Waals surface area (Å²) < 4.78 is 33.5. The number of hydrogen-bond acceptors (Lipinski definition) is 21. The van der Waals surface area contributed by atoms with Crippen molar-refractivity contribution in [3.8, 4) is 23.0 Å². The number of benzene rings is 8.